The van der Waals surface area contributed by atoms with Gasteiger partial charge in [-0.3, -0.25) is 4.98 Å². The molecule has 146 valence electrons. The molecule has 0 saturated heterocycles. The van der Waals surface area contributed by atoms with Crippen LogP contribution in [0.15, 0.2) is 11.2 Å². The molecule has 1 spiro atoms. The number of anilines is 1. The van der Waals surface area contributed by atoms with Crippen LogP contribution in [0.5, 0.6) is 5.75 Å². The van der Waals surface area contributed by atoms with Gasteiger partial charge in [0.2, 0.25) is 5.95 Å². The highest BCUT2D eigenvalue weighted by atomic mass is 32.2. The summed E-state index contributed by atoms with van der Waals surface area (Å²) in [5, 5.41) is 17.4. The molecule has 0 amide bonds. The number of hydrogen-bond donors (Lipinski definition) is 2. The van der Waals surface area contributed by atoms with Crippen LogP contribution in [0.2, 0.25) is 0 Å². The number of methoxy groups -OCH3 is 1. The minimum Gasteiger partial charge on any atom is -0.496 e. The van der Waals surface area contributed by atoms with Crippen LogP contribution < -0.4 is 10.5 Å². The van der Waals surface area contributed by atoms with Gasteiger partial charge in [-0.05, 0) is 26.7 Å². The van der Waals surface area contributed by atoms with Crippen LogP contribution in [-0.2, 0) is 12.0 Å². The van der Waals surface area contributed by atoms with Gasteiger partial charge in [0.05, 0.1) is 36.5 Å². The number of aryl methyl sites for hydroxylation is 1. The standard InChI is InChI=1S/C19H22N6O2S/c1-9-6-21-11(10(2)14(9)27-3)7-25-16-13-15(24-25)19(4-5-19)12(26)8-28-17(13)23-18(20)22-16/h6,12,26H,4-5,7-8H2,1-3H3,(H2,20,22,23). The highest BCUT2D eigenvalue weighted by molar-refractivity contribution is 7.99. The Labute approximate surface area is 166 Å². The second-order valence-electron chi connectivity index (χ2n) is 7.62. The zero-order valence-corrected chi connectivity index (χ0v) is 16.9. The number of aliphatic hydroxyl groups excluding tert-OH is 1. The van der Waals surface area contributed by atoms with Gasteiger partial charge in [0.1, 0.15) is 10.8 Å². The van der Waals surface area contributed by atoms with E-state index in [-0.39, 0.29) is 11.4 Å². The monoisotopic (exact) mass is 398 g/mol. The second-order valence-corrected chi connectivity index (χ2v) is 8.63. The molecule has 1 aliphatic heterocycles. The van der Waals surface area contributed by atoms with Gasteiger partial charge in [-0.25, -0.2) is 9.67 Å². The highest BCUT2D eigenvalue weighted by Gasteiger charge is 2.55. The van der Waals surface area contributed by atoms with E-state index in [2.05, 4.69) is 15.0 Å². The first kappa shape index (κ1) is 17.7. The van der Waals surface area contributed by atoms with Crippen molar-refractivity contribution in [3.05, 3.63) is 28.7 Å². The lowest BCUT2D eigenvalue weighted by Crippen LogP contribution is -2.28. The number of nitrogens with zero attached hydrogens (tertiary/aromatic N) is 5. The fraction of sp³-hybridized carbons (Fsp3) is 0.474. The van der Waals surface area contributed by atoms with E-state index in [0.717, 1.165) is 51.5 Å². The van der Waals surface area contributed by atoms with Gasteiger partial charge < -0.3 is 15.6 Å². The summed E-state index contributed by atoms with van der Waals surface area (Å²) in [5.41, 5.74) is 10.1. The number of ether oxygens (including phenoxy) is 1. The second kappa shape index (κ2) is 6.05. The Kier molecular flexibility index (Phi) is 3.82. The van der Waals surface area contributed by atoms with Gasteiger partial charge in [-0.15, -0.1) is 11.8 Å². The van der Waals surface area contributed by atoms with Gasteiger partial charge in [-0.2, -0.15) is 10.1 Å². The number of thioether (sulfide) groups is 1. The van der Waals surface area contributed by atoms with E-state index in [4.69, 9.17) is 15.6 Å². The van der Waals surface area contributed by atoms with Crippen LogP contribution in [0.1, 0.15) is 35.4 Å². The lowest BCUT2D eigenvalue weighted by Gasteiger charge is -2.17. The summed E-state index contributed by atoms with van der Waals surface area (Å²) >= 11 is 1.53. The first-order valence-electron chi connectivity index (χ1n) is 9.29. The van der Waals surface area contributed by atoms with Crippen LogP contribution in [0, 0.1) is 13.8 Å². The minimum atomic E-state index is -0.446. The highest BCUT2D eigenvalue weighted by Crippen LogP contribution is 2.55. The van der Waals surface area contributed by atoms with E-state index in [0.29, 0.717) is 17.9 Å². The molecule has 5 rings (SSSR count). The van der Waals surface area contributed by atoms with Crippen LogP contribution in [0.25, 0.3) is 11.0 Å². The first-order chi connectivity index (χ1) is 13.4. The molecular formula is C19H22N6O2S. The topological polar surface area (TPSA) is 112 Å². The van der Waals surface area contributed by atoms with Crippen LogP contribution >= 0.6 is 11.8 Å². The molecule has 0 aromatic carbocycles. The molecule has 2 aliphatic rings. The van der Waals surface area contributed by atoms with Crippen molar-refractivity contribution in [1.29, 1.82) is 0 Å². The summed E-state index contributed by atoms with van der Waals surface area (Å²) < 4.78 is 7.38. The normalized spacial score (nSPS) is 19.8. The summed E-state index contributed by atoms with van der Waals surface area (Å²) in [6.07, 6.45) is 3.23. The fourth-order valence-corrected chi connectivity index (χ4v) is 5.30. The predicted molar refractivity (Wildman–Crippen MR) is 107 cm³/mol. The minimum absolute atomic E-state index is 0.218. The summed E-state index contributed by atoms with van der Waals surface area (Å²) in [6.45, 7) is 4.43. The molecule has 1 atom stereocenters. The maximum Gasteiger partial charge on any atom is 0.223 e. The third-order valence-corrected chi connectivity index (χ3v) is 6.95. The quantitative estimate of drug-likeness (QED) is 0.644. The molecule has 3 aromatic rings. The average molecular weight is 398 g/mol. The molecule has 0 radical (unpaired) electrons. The van der Waals surface area contributed by atoms with E-state index in [9.17, 15) is 5.11 Å². The van der Waals surface area contributed by atoms with Gasteiger partial charge in [0, 0.05) is 28.5 Å². The zero-order chi connectivity index (χ0) is 19.6. The van der Waals surface area contributed by atoms with Crippen molar-refractivity contribution in [2.45, 2.75) is 49.8 Å². The summed E-state index contributed by atoms with van der Waals surface area (Å²) in [4.78, 5) is 13.5. The third kappa shape index (κ3) is 2.42. The molecule has 9 heteroatoms. The Morgan fingerprint density at radius 2 is 2.14 bits per heavy atom. The van der Waals surface area contributed by atoms with Crippen molar-refractivity contribution in [1.82, 2.24) is 24.7 Å². The number of aromatic nitrogens is 5. The maximum atomic E-state index is 10.7. The number of nitrogen functional groups attached to an aromatic ring is 1. The SMILES string of the molecule is COc1c(C)cnc(Cn2nc3c4c(nc(N)nc42)SCC(O)C32CC2)c1C. The smallest absolute Gasteiger partial charge is 0.223 e. The van der Waals surface area contributed by atoms with Crippen LogP contribution in [-0.4, -0.2) is 48.8 Å². The Hall–Kier alpha value is -2.39. The number of nitrogens with two attached hydrogens (primary N) is 1. The number of fused-ring (bicyclic) bond motifs is 1. The molecule has 1 unspecified atom stereocenters. The maximum absolute atomic E-state index is 10.7. The van der Waals surface area contributed by atoms with E-state index < -0.39 is 6.10 Å². The van der Waals surface area contributed by atoms with Gasteiger partial charge in [0.15, 0.2) is 5.65 Å². The van der Waals surface area contributed by atoms with Crippen molar-refractivity contribution in [2.75, 3.05) is 18.6 Å². The largest absolute Gasteiger partial charge is 0.496 e. The molecule has 1 aliphatic carbocycles. The molecule has 8 nitrogen and oxygen atoms in total. The third-order valence-electron chi connectivity index (χ3n) is 5.90. The zero-order valence-electron chi connectivity index (χ0n) is 16.1. The average Bonchev–Trinajstić information content (AvgIpc) is 3.41. The lowest BCUT2D eigenvalue weighted by molar-refractivity contribution is 0.154. The molecule has 4 heterocycles. The Morgan fingerprint density at radius 1 is 1.36 bits per heavy atom. The number of pyridine rings is 1. The Bertz CT molecular complexity index is 1110. The Balaban J connectivity index is 1.69. The van der Waals surface area contributed by atoms with Gasteiger partial charge in [0.25, 0.3) is 0 Å². The molecule has 1 saturated carbocycles. The molecule has 3 N–H and O–H groups in total. The van der Waals surface area contributed by atoms with Crippen LogP contribution in [0.4, 0.5) is 5.95 Å². The number of hydrogen-bond acceptors (Lipinski definition) is 8. The van der Waals surface area contributed by atoms with Crippen LogP contribution in [0.3, 0.4) is 0 Å². The molecule has 3 aromatic heterocycles. The van der Waals surface area contributed by atoms with E-state index >= 15 is 0 Å². The molecule has 28 heavy (non-hydrogen) atoms. The van der Waals surface area contributed by atoms with Crippen molar-refractivity contribution >= 4 is 28.7 Å². The van der Waals surface area contributed by atoms with Crippen molar-refractivity contribution in [3.63, 3.8) is 0 Å². The summed E-state index contributed by atoms with van der Waals surface area (Å²) in [6, 6.07) is 0. The van der Waals surface area contributed by atoms with Crippen molar-refractivity contribution in [3.8, 4) is 5.75 Å². The van der Waals surface area contributed by atoms with E-state index in [1.807, 2.05) is 24.7 Å². The van der Waals surface area contributed by atoms with Gasteiger partial charge in [-0.1, -0.05) is 0 Å². The number of rotatable bonds is 3. The van der Waals surface area contributed by atoms with Crippen molar-refractivity contribution in [2.24, 2.45) is 0 Å². The van der Waals surface area contributed by atoms with Crippen molar-refractivity contribution < 1.29 is 9.84 Å². The summed E-state index contributed by atoms with van der Waals surface area (Å²) in [7, 11) is 1.67. The van der Waals surface area contributed by atoms with Gasteiger partial charge >= 0.3 is 0 Å². The molecule has 0 bridgehead atoms. The van der Waals surface area contributed by atoms with E-state index in [1.54, 1.807) is 7.11 Å². The van der Waals surface area contributed by atoms with E-state index in [1.165, 1.54) is 11.8 Å². The predicted octanol–water partition coefficient (Wildman–Crippen LogP) is 1.98. The lowest BCUT2D eigenvalue weighted by atomic mass is 9.94. The molecule has 1 fully saturated rings. The first-order valence-corrected chi connectivity index (χ1v) is 10.3. The fourth-order valence-electron chi connectivity index (χ4n) is 4.17. The Morgan fingerprint density at radius 3 is 2.86 bits per heavy atom. The molecular weight excluding hydrogens is 376 g/mol. The summed E-state index contributed by atoms with van der Waals surface area (Å²) in [5.74, 6) is 1.65. The number of aliphatic hydroxyl groups is 1.